The number of alkyl halides is 4. The predicted molar refractivity (Wildman–Crippen MR) is 131 cm³/mol. The first-order valence-corrected chi connectivity index (χ1v) is 12.0. The van der Waals surface area contributed by atoms with Crippen LogP contribution in [0.15, 0.2) is 60.9 Å². The average molecular weight is 515 g/mol. The summed E-state index contributed by atoms with van der Waals surface area (Å²) in [5, 5.41) is 11.9. The number of hydrogen-bond acceptors (Lipinski definition) is 6. The maximum atomic E-state index is 14.2. The lowest BCUT2D eigenvalue weighted by Crippen LogP contribution is -2.47. The van der Waals surface area contributed by atoms with Crippen LogP contribution in [0.3, 0.4) is 0 Å². The van der Waals surface area contributed by atoms with E-state index in [9.17, 15) is 17.6 Å². The van der Waals surface area contributed by atoms with Crippen molar-refractivity contribution >= 4 is 11.5 Å². The van der Waals surface area contributed by atoms with E-state index in [1.165, 1.54) is 6.07 Å². The molecule has 2 atom stereocenters. The van der Waals surface area contributed by atoms with Crippen LogP contribution in [0.5, 0.6) is 5.75 Å². The Morgan fingerprint density at radius 2 is 1.89 bits per heavy atom. The van der Waals surface area contributed by atoms with Gasteiger partial charge in [-0.1, -0.05) is 37.3 Å². The first kappa shape index (κ1) is 24.9. The Bertz CT molecular complexity index is 1360. The number of ether oxygens (including phenoxy) is 1. The molecule has 2 aromatic carbocycles. The highest BCUT2D eigenvalue weighted by molar-refractivity contribution is 5.71. The molecule has 1 fully saturated rings. The molecule has 0 aliphatic carbocycles. The molecular weight excluding hydrogens is 488 g/mol. The minimum atomic E-state index is -4.53. The Balaban J connectivity index is 1.49. The van der Waals surface area contributed by atoms with E-state index in [2.05, 4.69) is 20.5 Å². The molecule has 2 aromatic heterocycles. The minimum Gasteiger partial charge on any atom is -0.488 e. The summed E-state index contributed by atoms with van der Waals surface area (Å²) in [6.45, 7) is 3.86. The first-order chi connectivity index (χ1) is 17.8. The maximum Gasteiger partial charge on any atom is 0.416 e. The van der Waals surface area contributed by atoms with E-state index in [1.54, 1.807) is 16.8 Å². The van der Waals surface area contributed by atoms with Gasteiger partial charge in [0, 0.05) is 37.9 Å². The van der Waals surface area contributed by atoms with Crippen molar-refractivity contribution in [2.24, 2.45) is 0 Å². The molecule has 0 amide bonds. The van der Waals surface area contributed by atoms with Gasteiger partial charge >= 0.3 is 6.18 Å². The zero-order chi connectivity index (χ0) is 26.0. The monoisotopic (exact) mass is 514 g/mol. The van der Waals surface area contributed by atoms with E-state index in [-0.39, 0.29) is 24.2 Å². The lowest BCUT2D eigenvalue weighted by molar-refractivity contribution is -0.137. The van der Waals surface area contributed by atoms with E-state index in [1.807, 2.05) is 42.2 Å². The fourth-order valence-corrected chi connectivity index (χ4v) is 4.54. The summed E-state index contributed by atoms with van der Waals surface area (Å²) in [6.07, 6.45) is -1.94. The Hall–Kier alpha value is -3.73. The van der Waals surface area contributed by atoms with Crippen molar-refractivity contribution < 1.29 is 22.3 Å². The third kappa shape index (κ3) is 5.51. The number of nitrogens with one attached hydrogen (secondary N) is 1. The van der Waals surface area contributed by atoms with Gasteiger partial charge in [-0.3, -0.25) is 9.30 Å². The van der Waals surface area contributed by atoms with Gasteiger partial charge < -0.3 is 10.1 Å². The predicted octanol–water partition coefficient (Wildman–Crippen LogP) is 5.23. The number of nitrogens with zero attached hydrogens (tertiary/aromatic N) is 5. The molecule has 4 aromatic rings. The molecule has 7 nitrogen and oxygen atoms in total. The maximum absolute atomic E-state index is 14.2. The second-order valence-electron chi connectivity index (χ2n) is 9.00. The molecule has 1 aliphatic heterocycles. The molecule has 0 saturated carbocycles. The number of aromatic nitrogens is 4. The summed E-state index contributed by atoms with van der Waals surface area (Å²) in [4.78, 5) is 6.40. The number of piperidine rings is 1. The van der Waals surface area contributed by atoms with Crippen LogP contribution in [-0.2, 0) is 12.8 Å². The minimum absolute atomic E-state index is 0.0230. The average Bonchev–Trinajstić information content (AvgIpc) is 3.38. The topological polar surface area (TPSA) is 67.6 Å². The summed E-state index contributed by atoms with van der Waals surface area (Å²) < 4.78 is 62.2. The first-order valence-electron chi connectivity index (χ1n) is 12.0. The van der Waals surface area contributed by atoms with Crippen LogP contribution < -0.4 is 10.1 Å². The largest absolute Gasteiger partial charge is 0.488 e. The smallest absolute Gasteiger partial charge is 0.416 e. The number of benzene rings is 2. The van der Waals surface area contributed by atoms with Gasteiger partial charge in [-0.15, -0.1) is 10.2 Å². The van der Waals surface area contributed by atoms with Gasteiger partial charge in [0.05, 0.1) is 11.1 Å². The Labute approximate surface area is 211 Å². The molecule has 37 heavy (non-hydrogen) atoms. The quantitative estimate of drug-likeness (QED) is 0.341. The van der Waals surface area contributed by atoms with Crippen LogP contribution in [0.25, 0.3) is 17.0 Å². The number of fused-ring (bicyclic) bond motifs is 1. The van der Waals surface area contributed by atoms with Crippen molar-refractivity contribution in [3.05, 3.63) is 72.1 Å². The standard InChI is InChI=1S/C26H26F4N6O/c1-2-35-14-19(27)13-20(15-35)32-23-25-31-10-11-36(25)24(34-33-23)21-9-8-18(26(28,29)30)12-22(21)37-16-17-6-4-3-5-7-17/h3-12,19-20H,2,13-16H2,1H3,(H,32,33)/t19-,20?/m1/s1. The molecule has 3 heterocycles. The van der Waals surface area contributed by atoms with Crippen LogP contribution in [0.4, 0.5) is 23.4 Å². The van der Waals surface area contributed by atoms with E-state index in [4.69, 9.17) is 4.74 Å². The summed E-state index contributed by atoms with van der Waals surface area (Å²) in [5.41, 5.74) is 0.752. The van der Waals surface area contributed by atoms with Crippen molar-refractivity contribution in [3.8, 4) is 17.1 Å². The van der Waals surface area contributed by atoms with E-state index in [0.717, 1.165) is 24.2 Å². The molecular formula is C26H26F4N6O. The zero-order valence-electron chi connectivity index (χ0n) is 20.1. The van der Waals surface area contributed by atoms with Crippen LogP contribution >= 0.6 is 0 Å². The van der Waals surface area contributed by atoms with Crippen LogP contribution in [-0.4, -0.2) is 56.3 Å². The molecule has 5 rings (SSSR count). The molecule has 0 spiro atoms. The van der Waals surface area contributed by atoms with Gasteiger partial charge in [-0.05, 0) is 30.3 Å². The summed E-state index contributed by atoms with van der Waals surface area (Å²) in [7, 11) is 0. The van der Waals surface area contributed by atoms with Crippen molar-refractivity contribution in [1.29, 1.82) is 0 Å². The van der Waals surface area contributed by atoms with Crippen molar-refractivity contribution in [1.82, 2.24) is 24.5 Å². The summed E-state index contributed by atoms with van der Waals surface area (Å²) in [5.74, 6) is 0.675. The third-order valence-corrected chi connectivity index (χ3v) is 6.38. The SMILES string of the molecule is CCN1CC(Nc2nnc(-c3ccc(C(F)(F)F)cc3OCc3ccccc3)n3ccnc23)C[C@@H](F)C1. The van der Waals surface area contributed by atoms with Crippen LogP contribution in [0.1, 0.15) is 24.5 Å². The summed E-state index contributed by atoms with van der Waals surface area (Å²) in [6, 6.07) is 12.3. The molecule has 1 unspecified atom stereocenters. The van der Waals surface area contributed by atoms with E-state index in [0.29, 0.717) is 36.5 Å². The van der Waals surface area contributed by atoms with Gasteiger partial charge in [0.15, 0.2) is 17.3 Å². The highest BCUT2D eigenvalue weighted by atomic mass is 19.4. The van der Waals surface area contributed by atoms with Crippen molar-refractivity contribution in [3.63, 3.8) is 0 Å². The lowest BCUT2D eigenvalue weighted by atomic mass is 10.0. The Morgan fingerprint density at radius 3 is 2.65 bits per heavy atom. The van der Waals surface area contributed by atoms with Crippen molar-refractivity contribution in [2.75, 3.05) is 25.0 Å². The van der Waals surface area contributed by atoms with Gasteiger partial charge in [-0.25, -0.2) is 9.37 Å². The zero-order valence-corrected chi connectivity index (χ0v) is 20.1. The van der Waals surface area contributed by atoms with Gasteiger partial charge in [0.25, 0.3) is 0 Å². The van der Waals surface area contributed by atoms with E-state index >= 15 is 0 Å². The Kier molecular flexibility index (Phi) is 6.96. The van der Waals surface area contributed by atoms with Crippen LogP contribution in [0, 0.1) is 0 Å². The second kappa shape index (κ2) is 10.3. The van der Waals surface area contributed by atoms with Gasteiger partial charge in [-0.2, -0.15) is 13.2 Å². The van der Waals surface area contributed by atoms with Crippen LogP contribution in [0.2, 0.25) is 0 Å². The molecule has 1 saturated heterocycles. The Morgan fingerprint density at radius 1 is 1.08 bits per heavy atom. The fourth-order valence-electron chi connectivity index (χ4n) is 4.54. The number of likely N-dealkylation sites (N-methyl/N-ethyl adjacent to an activating group) is 1. The molecule has 1 N–H and O–H groups in total. The molecule has 11 heteroatoms. The third-order valence-electron chi connectivity index (χ3n) is 6.38. The number of likely N-dealkylation sites (tertiary alicyclic amines) is 1. The molecule has 0 bridgehead atoms. The molecule has 1 aliphatic rings. The second-order valence-corrected chi connectivity index (χ2v) is 9.00. The number of rotatable bonds is 7. The number of imidazole rings is 1. The highest BCUT2D eigenvalue weighted by Gasteiger charge is 2.32. The molecule has 194 valence electrons. The van der Waals surface area contributed by atoms with E-state index < -0.39 is 17.9 Å². The fraction of sp³-hybridized carbons (Fsp3) is 0.346. The lowest BCUT2D eigenvalue weighted by Gasteiger charge is -2.34. The van der Waals surface area contributed by atoms with Gasteiger partial charge in [0.1, 0.15) is 18.5 Å². The normalized spacial score (nSPS) is 18.7. The molecule has 0 radical (unpaired) electrons. The highest BCUT2D eigenvalue weighted by Crippen LogP contribution is 2.37. The van der Waals surface area contributed by atoms with Gasteiger partial charge in [0.2, 0.25) is 0 Å². The number of anilines is 1. The number of halogens is 4. The van der Waals surface area contributed by atoms with Crippen molar-refractivity contribution in [2.45, 2.75) is 38.3 Å². The number of hydrogen-bond donors (Lipinski definition) is 1. The summed E-state index contributed by atoms with van der Waals surface area (Å²) >= 11 is 0.